The summed E-state index contributed by atoms with van der Waals surface area (Å²) in [5.74, 6) is 1.26. The van der Waals surface area contributed by atoms with E-state index < -0.39 is 0 Å². The average molecular weight is 203 g/mol. The van der Waals surface area contributed by atoms with Crippen molar-refractivity contribution in [2.24, 2.45) is 0 Å². The number of hydrogen-bond donors (Lipinski definition) is 1. The Labute approximate surface area is 88.3 Å². The van der Waals surface area contributed by atoms with Crippen LogP contribution >= 0.6 is 0 Å². The Morgan fingerprint density at radius 2 is 2.07 bits per heavy atom. The van der Waals surface area contributed by atoms with E-state index >= 15 is 0 Å². The standard InChI is InChI=1S/C11H13N3O/c1-2-12-8-10-13-11(14-15-10)9-6-4-3-5-7-9/h3-7,12H,2,8H2,1H3. The SMILES string of the molecule is CCNCc1nc(-c2ccccc2)no1. The summed E-state index contributed by atoms with van der Waals surface area (Å²) in [4.78, 5) is 4.28. The van der Waals surface area contributed by atoms with Crippen LogP contribution in [0.5, 0.6) is 0 Å². The number of nitrogens with one attached hydrogen (secondary N) is 1. The molecule has 1 N–H and O–H groups in total. The first-order valence-electron chi connectivity index (χ1n) is 4.99. The lowest BCUT2D eigenvalue weighted by Gasteiger charge is -1.93. The molecule has 0 unspecified atom stereocenters. The summed E-state index contributed by atoms with van der Waals surface area (Å²) in [6.07, 6.45) is 0. The minimum atomic E-state index is 0.621. The summed E-state index contributed by atoms with van der Waals surface area (Å²) in [5, 5.41) is 7.05. The highest BCUT2D eigenvalue weighted by atomic mass is 16.5. The lowest BCUT2D eigenvalue weighted by molar-refractivity contribution is 0.369. The molecule has 1 heterocycles. The summed E-state index contributed by atoms with van der Waals surface area (Å²) >= 11 is 0. The second-order valence-electron chi connectivity index (χ2n) is 3.16. The minimum absolute atomic E-state index is 0.621. The summed E-state index contributed by atoms with van der Waals surface area (Å²) in [5.41, 5.74) is 0.976. The fourth-order valence-electron chi connectivity index (χ4n) is 1.26. The molecule has 0 amide bonds. The second-order valence-corrected chi connectivity index (χ2v) is 3.16. The minimum Gasteiger partial charge on any atom is -0.338 e. The van der Waals surface area contributed by atoms with Gasteiger partial charge in [0.1, 0.15) is 0 Å². The molecule has 0 saturated heterocycles. The van der Waals surface area contributed by atoms with E-state index in [2.05, 4.69) is 15.5 Å². The molecule has 0 bridgehead atoms. The van der Waals surface area contributed by atoms with E-state index in [1.54, 1.807) is 0 Å². The molecular formula is C11H13N3O. The van der Waals surface area contributed by atoms with Gasteiger partial charge in [-0.15, -0.1) is 0 Å². The quantitative estimate of drug-likeness (QED) is 0.823. The van der Waals surface area contributed by atoms with E-state index in [0.717, 1.165) is 12.1 Å². The van der Waals surface area contributed by atoms with Gasteiger partial charge in [0.15, 0.2) is 0 Å². The van der Waals surface area contributed by atoms with Gasteiger partial charge in [0.05, 0.1) is 6.54 Å². The fraction of sp³-hybridized carbons (Fsp3) is 0.273. The third-order valence-electron chi connectivity index (χ3n) is 2.03. The van der Waals surface area contributed by atoms with Gasteiger partial charge < -0.3 is 9.84 Å². The molecule has 78 valence electrons. The molecule has 0 aliphatic carbocycles. The van der Waals surface area contributed by atoms with Crippen molar-refractivity contribution in [3.8, 4) is 11.4 Å². The molecule has 0 radical (unpaired) electrons. The van der Waals surface area contributed by atoms with Crippen molar-refractivity contribution in [1.82, 2.24) is 15.5 Å². The van der Waals surface area contributed by atoms with E-state index in [-0.39, 0.29) is 0 Å². The largest absolute Gasteiger partial charge is 0.338 e. The van der Waals surface area contributed by atoms with Gasteiger partial charge in [0, 0.05) is 5.56 Å². The molecule has 0 aliphatic rings. The maximum atomic E-state index is 5.10. The molecule has 2 aromatic rings. The molecule has 0 saturated carbocycles. The Morgan fingerprint density at radius 3 is 2.80 bits per heavy atom. The van der Waals surface area contributed by atoms with Gasteiger partial charge in [0.2, 0.25) is 11.7 Å². The van der Waals surface area contributed by atoms with Crippen molar-refractivity contribution in [2.45, 2.75) is 13.5 Å². The maximum absolute atomic E-state index is 5.10. The van der Waals surface area contributed by atoms with E-state index in [0.29, 0.717) is 18.3 Å². The Hall–Kier alpha value is -1.68. The van der Waals surface area contributed by atoms with Gasteiger partial charge in [-0.1, -0.05) is 42.4 Å². The van der Waals surface area contributed by atoms with Gasteiger partial charge in [-0.25, -0.2) is 0 Å². The summed E-state index contributed by atoms with van der Waals surface area (Å²) < 4.78 is 5.10. The lowest BCUT2D eigenvalue weighted by Crippen LogP contribution is -2.11. The normalized spacial score (nSPS) is 10.5. The molecule has 0 fully saturated rings. The van der Waals surface area contributed by atoms with E-state index in [9.17, 15) is 0 Å². The molecule has 2 rings (SSSR count). The zero-order valence-corrected chi connectivity index (χ0v) is 8.60. The van der Waals surface area contributed by atoms with Crippen molar-refractivity contribution in [3.05, 3.63) is 36.2 Å². The molecule has 1 aromatic heterocycles. The molecule has 4 heteroatoms. The Bertz CT molecular complexity index is 411. The Balaban J connectivity index is 2.14. The summed E-state index contributed by atoms with van der Waals surface area (Å²) in [6, 6.07) is 9.79. The first-order valence-corrected chi connectivity index (χ1v) is 4.99. The van der Waals surface area contributed by atoms with E-state index in [4.69, 9.17) is 4.52 Å². The number of aromatic nitrogens is 2. The molecule has 4 nitrogen and oxygen atoms in total. The Kier molecular flexibility index (Phi) is 3.09. The topological polar surface area (TPSA) is 51.0 Å². The van der Waals surface area contributed by atoms with Gasteiger partial charge in [-0.2, -0.15) is 4.98 Å². The highest BCUT2D eigenvalue weighted by Crippen LogP contribution is 2.14. The predicted molar refractivity (Wildman–Crippen MR) is 57.1 cm³/mol. The number of rotatable bonds is 4. The van der Waals surface area contributed by atoms with Gasteiger partial charge in [0.25, 0.3) is 0 Å². The Morgan fingerprint density at radius 1 is 1.27 bits per heavy atom. The third-order valence-corrected chi connectivity index (χ3v) is 2.03. The summed E-state index contributed by atoms with van der Waals surface area (Å²) in [7, 11) is 0. The van der Waals surface area contributed by atoms with Crippen LogP contribution in [0.4, 0.5) is 0 Å². The molecule has 15 heavy (non-hydrogen) atoms. The predicted octanol–water partition coefficient (Wildman–Crippen LogP) is 1.85. The van der Waals surface area contributed by atoms with Crippen molar-refractivity contribution >= 4 is 0 Å². The smallest absolute Gasteiger partial charge is 0.240 e. The molecule has 0 aliphatic heterocycles. The molecule has 1 aromatic carbocycles. The van der Waals surface area contributed by atoms with Gasteiger partial charge in [-0.3, -0.25) is 0 Å². The summed E-state index contributed by atoms with van der Waals surface area (Å²) in [6.45, 7) is 3.55. The van der Waals surface area contributed by atoms with E-state index in [1.165, 1.54) is 0 Å². The van der Waals surface area contributed by atoms with Gasteiger partial charge in [-0.05, 0) is 6.54 Å². The zero-order chi connectivity index (χ0) is 10.5. The zero-order valence-electron chi connectivity index (χ0n) is 8.60. The van der Waals surface area contributed by atoms with Crippen molar-refractivity contribution in [1.29, 1.82) is 0 Å². The number of hydrogen-bond acceptors (Lipinski definition) is 4. The second kappa shape index (κ2) is 4.70. The highest BCUT2D eigenvalue weighted by Gasteiger charge is 2.06. The van der Waals surface area contributed by atoms with Crippen LogP contribution in [-0.4, -0.2) is 16.7 Å². The van der Waals surface area contributed by atoms with Crippen molar-refractivity contribution < 1.29 is 4.52 Å². The van der Waals surface area contributed by atoms with Crippen molar-refractivity contribution in [3.63, 3.8) is 0 Å². The van der Waals surface area contributed by atoms with Crippen LogP contribution in [0, 0.1) is 0 Å². The highest BCUT2D eigenvalue weighted by molar-refractivity contribution is 5.53. The van der Waals surface area contributed by atoms with Crippen molar-refractivity contribution in [2.75, 3.05) is 6.54 Å². The third kappa shape index (κ3) is 2.41. The average Bonchev–Trinajstić information content (AvgIpc) is 2.76. The maximum Gasteiger partial charge on any atom is 0.240 e. The van der Waals surface area contributed by atoms with Crippen LogP contribution in [0.25, 0.3) is 11.4 Å². The number of benzene rings is 1. The van der Waals surface area contributed by atoms with Crippen LogP contribution in [0.3, 0.4) is 0 Å². The fourth-order valence-corrected chi connectivity index (χ4v) is 1.26. The number of nitrogens with zero attached hydrogens (tertiary/aromatic N) is 2. The van der Waals surface area contributed by atoms with Crippen LogP contribution < -0.4 is 5.32 Å². The van der Waals surface area contributed by atoms with Gasteiger partial charge >= 0.3 is 0 Å². The van der Waals surface area contributed by atoms with Crippen LogP contribution in [0.2, 0.25) is 0 Å². The molecular weight excluding hydrogens is 190 g/mol. The lowest BCUT2D eigenvalue weighted by atomic mass is 10.2. The van der Waals surface area contributed by atoms with Crippen LogP contribution in [0.15, 0.2) is 34.9 Å². The monoisotopic (exact) mass is 203 g/mol. The van der Waals surface area contributed by atoms with Crippen LogP contribution in [-0.2, 0) is 6.54 Å². The molecule has 0 spiro atoms. The first kappa shape index (κ1) is 9.86. The first-order chi connectivity index (χ1) is 7.40. The van der Waals surface area contributed by atoms with Crippen LogP contribution in [0.1, 0.15) is 12.8 Å². The van der Waals surface area contributed by atoms with E-state index in [1.807, 2.05) is 37.3 Å². The molecule has 0 atom stereocenters.